The number of ether oxygens (including phenoxy) is 1. The molecular formula is C16H17FN2O4S2. The Balaban J connectivity index is 1.67. The second-order valence-corrected chi connectivity index (χ2v) is 8.78. The van der Waals surface area contributed by atoms with Crippen LogP contribution in [0, 0.1) is 5.82 Å². The standard InChI is InChI=1S/C16H17FN2O4S2/c17-13-3-1-2-4-14(13)18-15(20)11-12-5-6-16(24-12)25(21,22)19-7-9-23-10-8-19/h1-6H,7-11H2,(H,18,20). The molecule has 9 heteroatoms. The lowest BCUT2D eigenvalue weighted by atomic mass is 10.3. The first-order chi connectivity index (χ1) is 12.0. The van der Waals surface area contributed by atoms with Gasteiger partial charge in [-0.2, -0.15) is 4.31 Å². The number of halogens is 1. The van der Waals surface area contributed by atoms with E-state index in [0.29, 0.717) is 31.2 Å². The van der Waals surface area contributed by atoms with Crippen molar-refractivity contribution in [1.29, 1.82) is 0 Å². The van der Waals surface area contributed by atoms with E-state index in [1.54, 1.807) is 12.1 Å². The summed E-state index contributed by atoms with van der Waals surface area (Å²) in [6, 6.07) is 8.99. The Bertz CT molecular complexity index is 861. The average Bonchev–Trinajstić information content (AvgIpc) is 3.07. The van der Waals surface area contributed by atoms with E-state index in [9.17, 15) is 17.6 Å². The van der Waals surface area contributed by atoms with Crippen LogP contribution in [0.4, 0.5) is 10.1 Å². The summed E-state index contributed by atoms with van der Waals surface area (Å²) in [5.41, 5.74) is 0.102. The number of morpholine rings is 1. The van der Waals surface area contributed by atoms with E-state index in [0.717, 1.165) is 11.3 Å². The molecule has 2 heterocycles. The van der Waals surface area contributed by atoms with E-state index in [4.69, 9.17) is 4.74 Å². The van der Waals surface area contributed by atoms with Crippen molar-refractivity contribution in [3.05, 3.63) is 47.1 Å². The molecule has 0 unspecified atom stereocenters. The number of anilines is 1. The number of carbonyl (C=O) groups is 1. The predicted octanol–water partition coefficient (Wildman–Crippen LogP) is 2.09. The number of hydrogen-bond donors (Lipinski definition) is 1. The molecule has 25 heavy (non-hydrogen) atoms. The predicted molar refractivity (Wildman–Crippen MR) is 92.6 cm³/mol. The number of nitrogens with one attached hydrogen (secondary N) is 1. The number of nitrogens with zero attached hydrogens (tertiary/aromatic N) is 1. The number of sulfonamides is 1. The minimum atomic E-state index is -3.56. The second kappa shape index (κ2) is 7.61. The van der Waals surface area contributed by atoms with Crippen LogP contribution in [-0.2, 0) is 26.0 Å². The maximum absolute atomic E-state index is 13.5. The van der Waals surface area contributed by atoms with Crippen LogP contribution >= 0.6 is 11.3 Å². The van der Waals surface area contributed by atoms with Gasteiger partial charge in [0.15, 0.2) is 0 Å². The second-order valence-electron chi connectivity index (χ2n) is 5.44. The molecule has 134 valence electrons. The SMILES string of the molecule is O=C(Cc1ccc(S(=O)(=O)N2CCOCC2)s1)Nc1ccccc1F. The molecule has 0 spiro atoms. The number of benzene rings is 1. The van der Waals surface area contributed by atoms with Crippen molar-refractivity contribution in [2.24, 2.45) is 0 Å². The minimum Gasteiger partial charge on any atom is -0.379 e. The van der Waals surface area contributed by atoms with Crippen LogP contribution in [0.2, 0.25) is 0 Å². The third-order valence-corrected chi connectivity index (χ3v) is 7.14. The summed E-state index contributed by atoms with van der Waals surface area (Å²) < 4.78 is 45.4. The molecular weight excluding hydrogens is 367 g/mol. The number of thiophene rings is 1. The molecule has 1 aliphatic rings. The normalized spacial score (nSPS) is 15.9. The van der Waals surface area contributed by atoms with Crippen molar-refractivity contribution in [3.8, 4) is 0 Å². The molecule has 0 atom stereocenters. The van der Waals surface area contributed by atoms with Gasteiger partial charge in [-0.3, -0.25) is 4.79 Å². The van der Waals surface area contributed by atoms with Gasteiger partial charge in [0, 0.05) is 18.0 Å². The summed E-state index contributed by atoms with van der Waals surface area (Å²) in [7, 11) is -3.56. The molecule has 0 saturated carbocycles. The molecule has 3 rings (SSSR count). The van der Waals surface area contributed by atoms with Gasteiger partial charge in [-0.05, 0) is 24.3 Å². The van der Waals surface area contributed by atoms with E-state index >= 15 is 0 Å². The highest BCUT2D eigenvalue weighted by molar-refractivity contribution is 7.91. The summed E-state index contributed by atoms with van der Waals surface area (Å²) in [6.45, 7) is 1.40. The summed E-state index contributed by atoms with van der Waals surface area (Å²) in [5.74, 6) is -0.917. The highest BCUT2D eigenvalue weighted by Gasteiger charge is 2.27. The molecule has 1 aromatic heterocycles. The Morgan fingerprint density at radius 3 is 2.64 bits per heavy atom. The third-order valence-electron chi connectivity index (χ3n) is 3.68. The largest absolute Gasteiger partial charge is 0.379 e. The Hall–Kier alpha value is -1.81. The van der Waals surface area contributed by atoms with Crippen LogP contribution in [0.5, 0.6) is 0 Å². The quantitative estimate of drug-likeness (QED) is 0.857. The van der Waals surface area contributed by atoms with Crippen molar-refractivity contribution in [1.82, 2.24) is 4.31 Å². The van der Waals surface area contributed by atoms with Crippen molar-refractivity contribution in [2.75, 3.05) is 31.6 Å². The lowest BCUT2D eigenvalue weighted by molar-refractivity contribution is -0.115. The molecule has 1 aliphatic heterocycles. The van der Waals surface area contributed by atoms with Gasteiger partial charge in [0.2, 0.25) is 5.91 Å². The Morgan fingerprint density at radius 2 is 1.92 bits per heavy atom. The van der Waals surface area contributed by atoms with Crippen LogP contribution in [0.15, 0.2) is 40.6 Å². The molecule has 0 aliphatic carbocycles. The lowest BCUT2D eigenvalue weighted by Gasteiger charge is -2.25. The summed E-state index contributed by atoms with van der Waals surface area (Å²) in [4.78, 5) is 12.6. The first-order valence-electron chi connectivity index (χ1n) is 7.68. The smallest absolute Gasteiger partial charge is 0.252 e. The summed E-state index contributed by atoms with van der Waals surface area (Å²) in [5, 5.41) is 2.49. The Kier molecular flexibility index (Phi) is 5.48. The molecule has 0 bridgehead atoms. The fourth-order valence-electron chi connectivity index (χ4n) is 2.42. The average molecular weight is 384 g/mol. The van der Waals surface area contributed by atoms with Gasteiger partial charge in [0.25, 0.3) is 10.0 Å². The maximum Gasteiger partial charge on any atom is 0.252 e. The molecule has 1 fully saturated rings. The molecule has 6 nitrogen and oxygen atoms in total. The molecule has 1 amide bonds. The fraction of sp³-hybridized carbons (Fsp3) is 0.312. The van der Waals surface area contributed by atoms with Crippen LogP contribution < -0.4 is 5.32 Å². The highest BCUT2D eigenvalue weighted by atomic mass is 32.2. The first-order valence-corrected chi connectivity index (χ1v) is 9.93. The van der Waals surface area contributed by atoms with Crippen LogP contribution in [0.3, 0.4) is 0 Å². The lowest BCUT2D eigenvalue weighted by Crippen LogP contribution is -2.40. The number of rotatable bonds is 5. The summed E-state index contributed by atoms with van der Waals surface area (Å²) >= 11 is 1.05. The van der Waals surface area contributed by atoms with Crippen LogP contribution in [0.1, 0.15) is 4.88 Å². The number of para-hydroxylation sites is 1. The zero-order chi connectivity index (χ0) is 17.9. The van der Waals surface area contributed by atoms with Gasteiger partial charge in [-0.25, -0.2) is 12.8 Å². The van der Waals surface area contributed by atoms with Gasteiger partial charge in [0.05, 0.1) is 25.3 Å². The molecule has 1 saturated heterocycles. The zero-order valence-electron chi connectivity index (χ0n) is 13.3. The molecule has 0 radical (unpaired) electrons. The fourth-order valence-corrected chi connectivity index (χ4v) is 5.34. The molecule has 2 aromatic rings. The molecule has 1 N–H and O–H groups in total. The van der Waals surface area contributed by atoms with E-state index in [-0.39, 0.29) is 16.3 Å². The number of amides is 1. The van der Waals surface area contributed by atoms with Crippen molar-refractivity contribution < 1.29 is 22.3 Å². The minimum absolute atomic E-state index is 0.0162. The van der Waals surface area contributed by atoms with Gasteiger partial charge >= 0.3 is 0 Å². The van der Waals surface area contributed by atoms with Crippen molar-refractivity contribution in [2.45, 2.75) is 10.6 Å². The Morgan fingerprint density at radius 1 is 1.20 bits per heavy atom. The summed E-state index contributed by atoms with van der Waals surface area (Å²) in [6.07, 6.45) is -0.0162. The van der Waals surface area contributed by atoms with Crippen molar-refractivity contribution >= 4 is 33.0 Å². The Labute approximate surface area is 149 Å². The van der Waals surface area contributed by atoms with Crippen molar-refractivity contribution in [3.63, 3.8) is 0 Å². The zero-order valence-corrected chi connectivity index (χ0v) is 14.9. The van der Waals surface area contributed by atoms with E-state index < -0.39 is 21.7 Å². The topological polar surface area (TPSA) is 75.7 Å². The highest BCUT2D eigenvalue weighted by Crippen LogP contribution is 2.26. The van der Waals surface area contributed by atoms with E-state index in [2.05, 4.69) is 5.32 Å². The third kappa shape index (κ3) is 4.24. The van der Waals surface area contributed by atoms with Gasteiger partial charge in [-0.15, -0.1) is 11.3 Å². The molecule has 1 aromatic carbocycles. The number of hydrogen-bond acceptors (Lipinski definition) is 5. The maximum atomic E-state index is 13.5. The van der Waals surface area contributed by atoms with Gasteiger partial charge < -0.3 is 10.1 Å². The van der Waals surface area contributed by atoms with Gasteiger partial charge in [-0.1, -0.05) is 12.1 Å². The van der Waals surface area contributed by atoms with E-state index in [1.807, 2.05) is 0 Å². The van der Waals surface area contributed by atoms with Crippen LogP contribution in [0.25, 0.3) is 0 Å². The number of carbonyl (C=O) groups excluding carboxylic acids is 1. The van der Waals surface area contributed by atoms with Crippen LogP contribution in [-0.4, -0.2) is 44.9 Å². The van der Waals surface area contributed by atoms with Gasteiger partial charge in [0.1, 0.15) is 10.0 Å². The monoisotopic (exact) mass is 384 g/mol. The van der Waals surface area contributed by atoms with E-state index in [1.165, 1.54) is 28.6 Å². The first kappa shape index (κ1) is 18.0.